The molecule has 0 atom stereocenters. The van der Waals surface area contributed by atoms with Gasteiger partial charge >= 0.3 is 5.97 Å². The van der Waals surface area contributed by atoms with Crippen molar-refractivity contribution in [3.63, 3.8) is 0 Å². The molecule has 1 aliphatic rings. The highest BCUT2D eigenvalue weighted by atomic mass is 35.5. The fraction of sp³-hybridized carbons (Fsp3) is 0.276. The fourth-order valence-corrected chi connectivity index (χ4v) is 5.73. The van der Waals surface area contributed by atoms with Crippen molar-refractivity contribution in [1.29, 1.82) is 0 Å². The molecular formula is C29H26ClF2N3O3. The normalized spacial score (nSPS) is 14.9. The van der Waals surface area contributed by atoms with Gasteiger partial charge in [0.1, 0.15) is 11.5 Å². The maximum Gasteiger partial charge on any atom is 0.307 e. The molecular weight excluding hydrogens is 512 g/mol. The summed E-state index contributed by atoms with van der Waals surface area (Å²) in [5.41, 5.74) is 1.57. The first-order chi connectivity index (χ1) is 18.2. The van der Waals surface area contributed by atoms with Crippen molar-refractivity contribution in [2.24, 2.45) is 0 Å². The van der Waals surface area contributed by atoms with Crippen LogP contribution < -0.4 is 4.90 Å². The number of carboxylic acid groups (broad SMARTS) is 1. The summed E-state index contributed by atoms with van der Waals surface area (Å²) in [5, 5.41) is 9.70. The molecule has 1 aromatic heterocycles. The van der Waals surface area contributed by atoms with E-state index in [0.717, 1.165) is 31.4 Å². The molecule has 9 heteroatoms. The van der Waals surface area contributed by atoms with Crippen LogP contribution in [0.5, 0.6) is 0 Å². The average molecular weight is 538 g/mol. The number of halogens is 3. The number of amides is 1. The quantitative estimate of drug-likeness (QED) is 0.289. The van der Waals surface area contributed by atoms with Crippen LogP contribution in [-0.2, 0) is 21.7 Å². The maximum atomic E-state index is 14.7. The first-order valence-corrected chi connectivity index (χ1v) is 12.8. The highest BCUT2D eigenvalue weighted by molar-refractivity contribution is 6.30. The molecule has 0 spiro atoms. The van der Waals surface area contributed by atoms with Crippen molar-refractivity contribution < 1.29 is 23.5 Å². The van der Waals surface area contributed by atoms with Gasteiger partial charge in [-0.25, -0.2) is 13.8 Å². The molecule has 0 unspecified atom stereocenters. The SMILES string of the molecule is CC(=O)N(c1ccc(CC(=O)O)cc1)C1(n2c(-c3ccc(Cl)cc3)nc3cc(F)c(F)cc32)CCCCC1. The van der Waals surface area contributed by atoms with Crippen molar-refractivity contribution in [3.8, 4) is 11.4 Å². The molecule has 1 aliphatic carbocycles. The van der Waals surface area contributed by atoms with Gasteiger partial charge in [-0.2, -0.15) is 0 Å². The Balaban J connectivity index is 1.79. The van der Waals surface area contributed by atoms with E-state index in [2.05, 4.69) is 0 Å². The molecule has 1 fully saturated rings. The van der Waals surface area contributed by atoms with E-state index in [4.69, 9.17) is 21.7 Å². The zero-order valence-corrected chi connectivity index (χ0v) is 21.5. The van der Waals surface area contributed by atoms with Gasteiger partial charge in [-0.05, 0) is 67.6 Å². The Labute approximate surface area is 223 Å². The molecule has 0 radical (unpaired) electrons. The van der Waals surface area contributed by atoms with E-state index in [1.807, 2.05) is 4.57 Å². The summed E-state index contributed by atoms with van der Waals surface area (Å²) in [7, 11) is 0. The summed E-state index contributed by atoms with van der Waals surface area (Å²) < 4.78 is 30.8. The third-order valence-corrected chi connectivity index (χ3v) is 7.40. The lowest BCUT2D eigenvalue weighted by Crippen LogP contribution is -2.54. The summed E-state index contributed by atoms with van der Waals surface area (Å²) >= 11 is 6.14. The number of fused-ring (bicyclic) bond motifs is 1. The Hall–Kier alpha value is -3.78. The molecule has 38 heavy (non-hydrogen) atoms. The number of rotatable bonds is 6. The molecule has 5 rings (SSSR count). The molecule has 0 aliphatic heterocycles. The number of aromatic nitrogens is 2. The van der Waals surface area contributed by atoms with Crippen molar-refractivity contribution >= 4 is 40.2 Å². The van der Waals surface area contributed by atoms with Crippen LogP contribution in [0.15, 0.2) is 60.7 Å². The van der Waals surface area contributed by atoms with Crippen LogP contribution in [0.4, 0.5) is 14.5 Å². The zero-order valence-electron chi connectivity index (χ0n) is 20.8. The largest absolute Gasteiger partial charge is 0.481 e. The second-order valence-corrected chi connectivity index (χ2v) is 10.1. The van der Waals surface area contributed by atoms with E-state index in [1.54, 1.807) is 53.4 Å². The molecule has 0 saturated heterocycles. The number of carbonyl (C=O) groups excluding carboxylic acids is 1. The third-order valence-electron chi connectivity index (χ3n) is 7.15. The summed E-state index contributed by atoms with van der Waals surface area (Å²) in [6, 6.07) is 16.1. The van der Waals surface area contributed by atoms with Crippen molar-refractivity contribution in [3.05, 3.63) is 82.9 Å². The van der Waals surface area contributed by atoms with Gasteiger partial charge in [0.05, 0.1) is 17.5 Å². The van der Waals surface area contributed by atoms with E-state index in [-0.39, 0.29) is 17.8 Å². The van der Waals surface area contributed by atoms with Crippen LogP contribution in [-0.4, -0.2) is 26.5 Å². The minimum atomic E-state index is -1.00. The van der Waals surface area contributed by atoms with Crippen molar-refractivity contribution in [2.45, 2.75) is 51.1 Å². The second-order valence-electron chi connectivity index (χ2n) is 9.67. The number of anilines is 1. The number of carboxylic acids is 1. The van der Waals surface area contributed by atoms with Crippen LogP contribution >= 0.6 is 11.6 Å². The number of imidazole rings is 1. The molecule has 1 N–H and O–H groups in total. The van der Waals surface area contributed by atoms with E-state index in [0.29, 0.717) is 46.0 Å². The molecule has 4 aromatic rings. The lowest BCUT2D eigenvalue weighted by molar-refractivity contribution is -0.136. The van der Waals surface area contributed by atoms with Gasteiger partial charge in [0.2, 0.25) is 5.91 Å². The Morgan fingerprint density at radius 2 is 1.63 bits per heavy atom. The predicted molar refractivity (Wildman–Crippen MR) is 142 cm³/mol. The van der Waals surface area contributed by atoms with Gasteiger partial charge < -0.3 is 5.11 Å². The second kappa shape index (κ2) is 10.2. The zero-order chi connectivity index (χ0) is 27.0. The van der Waals surface area contributed by atoms with Gasteiger partial charge in [0, 0.05) is 35.3 Å². The predicted octanol–water partition coefficient (Wildman–Crippen LogP) is 6.93. The first kappa shape index (κ1) is 25.9. The molecule has 6 nitrogen and oxygen atoms in total. The van der Waals surface area contributed by atoms with E-state index < -0.39 is 23.3 Å². The minimum absolute atomic E-state index is 0.136. The Morgan fingerprint density at radius 1 is 1.00 bits per heavy atom. The van der Waals surface area contributed by atoms with E-state index in [1.165, 1.54) is 6.92 Å². The van der Waals surface area contributed by atoms with Gasteiger partial charge in [0.15, 0.2) is 11.6 Å². The molecule has 196 valence electrons. The summed E-state index contributed by atoms with van der Waals surface area (Å²) in [5.74, 6) is -2.71. The number of aliphatic carboxylic acids is 1. The number of hydrogen-bond acceptors (Lipinski definition) is 3. The smallest absolute Gasteiger partial charge is 0.307 e. The topological polar surface area (TPSA) is 75.4 Å². The number of hydrogen-bond donors (Lipinski definition) is 1. The van der Waals surface area contributed by atoms with Crippen molar-refractivity contribution in [1.82, 2.24) is 9.55 Å². The summed E-state index contributed by atoms with van der Waals surface area (Å²) in [6.07, 6.45) is 3.58. The van der Waals surface area contributed by atoms with Gasteiger partial charge in [-0.15, -0.1) is 0 Å². The number of nitrogens with zero attached hydrogens (tertiary/aromatic N) is 3. The lowest BCUT2D eigenvalue weighted by atomic mass is 9.85. The molecule has 1 saturated carbocycles. The van der Waals surface area contributed by atoms with Crippen molar-refractivity contribution in [2.75, 3.05) is 4.90 Å². The molecule has 1 amide bonds. The van der Waals surface area contributed by atoms with Gasteiger partial charge in [-0.1, -0.05) is 30.2 Å². The van der Waals surface area contributed by atoms with Crippen LogP contribution in [0.25, 0.3) is 22.4 Å². The lowest BCUT2D eigenvalue weighted by Gasteiger charge is -2.48. The molecule has 3 aromatic carbocycles. The summed E-state index contributed by atoms with van der Waals surface area (Å²) in [6.45, 7) is 1.48. The molecule has 0 bridgehead atoms. The Morgan fingerprint density at radius 3 is 2.24 bits per heavy atom. The number of carbonyl (C=O) groups is 2. The van der Waals surface area contributed by atoms with Crippen LogP contribution in [0, 0.1) is 11.6 Å². The number of benzene rings is 3. The van der Waals surface area contributed by atoms with Gasteiger partial charge in [-0.3, -0.25) is 19.1 Å². The van der Waals surface area contributed by atoms with Crippen LogP contribution in [0.1, 0.15) is 44.6 Å². The Kier molecular flexibility index (Phi) is 6.92. The first-order valence-electron chi connectivity index (χ1n) is 12.4. The third kappa shape index (κ3) is 4.65. The van der Waals surface area contributed by atoms with Gasteiger partial charge in [0.25, 0.3) is 0 Å². The maximum absolute atomic E-state index is 14.7. The highest BCUT2D eigenvalue weighted by Gasteiger charge is 2.45. The van der Waals surface area contributed by atoms with E-state index in [9.17, 15) is 18.4 Å². The van der Waals surface area contributed by atoms with Crippen LogP contribution in [0.2, 0.25) is 5.02 Å². The minimum Gasteiger partial charge on any atom is -0.481 e. The highest BCUT2D eigenvalue weighted by Crippen LogP contribution is 2.45. The Bertz CT molecular complexity index is 1510. The average Bonchev–Trinajstić information content (AvgIpc) is 3.24. The fourth-order valence-electron chi connectivity index (χ4n) is 5.60. The standard InChI is InChI=1S/C29H26ClF2N3O3/c1-18(36)34(22-11-5-19(6-12-22)15-27(37)38)29(13-3-2-4-14-29)35-26-17-24(32)23(31)16-25(26)33-28(35)20-7-9-21(30)10-8-20/h5-12,16-17H,2-4,13-15H2,1H3,(H,37,38). The molecule has 1 heterocycles. The monoisotopic (exact) mass is 537 g/mol. The van der Waals surface area contributed by atoms with Crippen LogP contribution in [0.3, 0.4) is 0 Å². The summed E-state index contributed by atoms with van der Waals surface area (Å²) in [4.78, 5) is 31.0. The van der Waals surface area contributed by atoms with E-state index >= 15 is 0 Å².